The molecule has 2 aliphatic rings. The molecule has 2 aliphatic carbocycles. The smallest absolute Gasteiger partial charge is 0.307 e. The number of hydrogen-bond donors (Lipinski definition) is 2. The van der Waals surface area contributed by atoms with Crippen molar-refractivity contribution in [1.29, 1.82) is 0 Å². The van der Waals surface area contributed by atoms with Crippen LogP contribution in [-0.2, 0) is 9.59 Å². The van der Waals surface area contributed by atoms with E-state index in [0.717, 1.165) is 24.8 Å². The standard InChI is InChI=1S/C16H18FNO3/c1-8-2-5-11(17)12(6-8)18-15(19)13-9-3-4-10(7-9)14(13)16(20)21/h2,5-6,9-10,13-14H,3-4,7H2,1H3,(H,18,19)(H,20,21)/t9-,10+,13+,14+/m1/s1. The minimum atomic E-state index is -0.910. The van der Waals surface area contributed by atoms with Crippen LogP contribution in [0.25, 0.3) is 0 Å². The van der Waals surface area contributed by atoms with E-state index in [9.17, 15) is 19.1 Å². The van der Waals surface area contributed by atoms with Gasteiger partial charge in [0.1, 0.15) is 5.82 Å². The Kier molecular flexibility index (Phi) is 3.43. The molecule has 0 spiro atoms. The largest absolute Gasteiger partial charge is 0.481 e. The van der Waals surface area contributed by atoms with Crippen LogP contribution in [0.1, 0.15) is 24.8 Å². The van der Waals surface area contributed by atoms with Gasteiger partial charge in [0.15, 0.2) is 0 Å². The number of hydrogen-bond acceptors (Lipinski definition) is 2. The number of amides is 1. The van der Waals surface area contributed by atoms with Crippen LogP contribution in [-0.4, -0.2) is 17.0 Å². The summed E-state index contributed by atoms with van der Waals surface area (Å²) in [5.74, 6) is -2.73. The molecule has 1 amide bonds. The zero-order valence-electron chi connectivity index (χ0n) is 11.8. The summed E-state index contributed by atoms with van der Waals surface area (Å²) in [4.78, 5) is 23.9. The average molecular weight is 291 g/mol. The van der Waals surface area contributed by atoms with E-state index in [1.165, 1.54) is 6.07 Å². The molecule has 0 aromatic heterocycles. The number of carbonyl (C=O) groups is 2. The topological polar surface area (TPSA) is 66.4 Å². The van der Waals surface area contributed by atoms with Gasteiger partial charge in [-0.3, -0.25) is 9.59 Å². The van der Waals surface area contributed by atoms with Crippen LogP contribution < -0.4 is 5.32 Å². The lowest BCUT2D eigenvalue weighted by molar-refractivity contribution is -0.148. The highest BCUT2D eigenvalue weighted by molar-refractivity contribution is 5.96. The van der Waals surface area contributed by atoms with Crippen molar-refractivity contribution < 1.29 is 19.1 Å². The number of aryl methyl sites for hydroxylation is 1. The number of aliphatic carboxylic acids is 1. The number of anilines is 1. The van der Waals surface area contributed by atoms with Gasteiger partial charge in [0, 0.05) is 0 Å². The second-order valence-corrected chi connectivity index (χ2v) is 6.20. The van der Waals surface area contributed by atoms with Crippen molar-refractivity contribution in [2.24, 2.45) is 23.7 Å². The van der Waals surface area contributed by atoms with Crippen molar-refractivity contribution in [1.82, 2.24) is 0 Å². The number of rotatable bonds is 3. The number of carboxylic acid groups (broad SMARTS) is 1. The molecule has 2 fully saturated rings. The summed E-state index contributed by atoms with van der Waals surface area (Å²) in [5, 5.41) is 12.0. The van der Waals surface area contributed by atoms with Gasteiger partial charge in [-0.2, -0.15) is 0 Å². The van der Waals surface area contributed by atoms with Crippen molar-refractivity contribution in [2.45, 2.75) is 26.2 Å². The summed E-state index contributed by atoms with van der Waals surface area (Å²) in [6.45, 7) is 1.81. The van der Waals surface area contributed by atoms with Gasteiger partial charge < -0.3 is 10.4 Å². The molecule has 2 bridgehead atoms. The zero-order chi connectivity index (χ0) is 15.1. The highest BCUT2D eigenvalue weighted by Gasteiger charge is 2.54. The minimum Gasteiger partial charge on any atom is -0.481 e. The van der Waals surface area contributed by atoms with Gasteiger partial charge in [0.05, 0.1) is 17.5 Å². The molecule has 4 atom stereocenters. The summed E-state index contributed by atoms with van der Waals surface area (Å²) < 4.78 is 13.7. The van der Waals surface area contributed by atoms with Crippen LogP contribution in [0.2, 0.25) is 0 Å². The van der Waals surface area contributed by atoms with Crippen LogP contribution in [0.15, 0.2) is 18.2 Å². The number of nitrogens with one attached hydrogen (secondary N) is 1. The second-order valence-electron chi connectivity index (χ2n) is 6.20. The van der Waals surface area contributed by atoms with E-state index in [1.807, 2.05) is 6.92 Å². The van der Waals surface area contributed by atoms with Crippen LogP contribution >= 0.6 is 0 Å². The third kappa shape index (κ3) is 2.41. The van der Waals surface area contributed by atoms with E-state index in [4.69, 9.17) is 0 Å². The highest BCUT2D eigenvalue weighted by Crippen LogP contribution is 2.52. The molecular formula is C16H18FNO3. The summed E-state index contributed by atoms with van der Waals surface area (Å²) in [6.07, 6.45) is 2.57. The SMILES string of the molecule is Cc1ccc(F)c(NC(=O)[C@H]2[C@@H]3CC[C@@H](C3)[C@@H]2C(=O)O)c1. The first-order chi connectivity index (χ1) is 9.97. The average Bonchev–Trinajstić information content (AvgIpc) is 3.03. The lowest BCUT2D eigenvalue weighted by atomic mass is 9.78. The first-order valence-corrected chi connectivity index (χ1v) is 7.27. The number of halogens is 1. The van der Waals surface area contributed by atoms with Crippen LogP contribution in [0, 0.1) is 36.4 Å². The maximum absolute atomic E-state index is 13.7. The molecule has 2 saturated carbocycles. The van der Waals surface area contributed by atoms with Crippen molar-refractivity contribution in [3.05, 3.63) is 29.6 Å². The van der Waals surface area contributed by atoms with Gasteiger partial charge in [-0.25, -0.2) is 4.39 Å². The Morgan fingerprint density at radius 1 is 1.24 bits per heavy atom. The predicted molar refractivity (Wildman–Crippen MR) is 75.2 cm³/mol. The molecular weight excluding hydrogens is 273 g/mol. The fourth-order valence-corrected chi connectivity index (χ4v) is 3.97. The summed E-state index contributed by atoms with van der Waals surface area (Å²) in [5.41, 5.74) is 0.973. The third-order valence-electron chi connectivity index (χ3n) is 4.88. The van der Waals surface area contributed by atoms with Gasteiger partial charge in [-0.05, 0) is 55.7 Å². The lowest BCUT2D eigenvalue weighted by Gasteiger charge is -2.27. The molecule has 0 aliphatic heterocycles. The molecule has 0 heterocycles. The van der Waals surface area contributed by atoms with Crippen molar-refractivity contribution in [3.63, 3.8) is 0 Å². The van der Waals surface area contributed by atoms with E-state index in [0.29, 0.717) is 0 Å². The second kappa shape index (κ2) is 5.13. The van der Waals surface area contributed by atoms with Gasteiger partial charge in [0.25, 0.3) is 0 Å². The van der Waals surface area contributed by atoms with E-state index in [1.54, 1.807) is 12.1 Å². The zero-order valence-corrected chi connectivity index (χ0v) is 11.8. The monoisotopic (exact) mass is 291 g/mol. The van der Waals surface area contributed by atoms with E-state index in [2.05, 4.69) is 5.32 Å². The molecule has 21 heavy (non-hydrogen) atoms. The summed E-state index contributed by atoms with van der Waals surface area (Å²) in [6, 6.07) is 4.50. The molecule has 0 saturated heterocycles. The van der Waals surface area contributed by atoms with Crippen LogP contribution in [0.4, 0.5) is 10.1 Å². The highest BCUT2D eigenvalue weighted by atomic mass is 19.1. The Morgan fingerprint density at radius 3 is 2.57 bits per heavy atom. The summed E-state index contributed by atoms with van der Waals surface area (Å²) >= 11 is 0. The number of carboxylic acids is 1. The maximum atomic E-state index is 13.7. The van der Waals surface area contributed by atoms with Crippen molar-refractivity contribution >= 4 is 17.6 Å². The number of carbonyl (C=O) groups excluding carboxylic acids is 1. The Morgan fingerprint density at radius 2 is 1.90 bits per heavy atom. The first kappa shape index (κ1) is 14.0. The maximum Gasteiger partial charge on any atom is 0.307 e. The van der Waals surface area contributed by atoms with Crippen LogP contribution in [0.3, 0.4) is 0 Å². The van der Waals surface area contributed by atoms with E-state index >= 15 is 0 Å². The lowest BCUT2D eigenvalue weighted by Crippen LogP contribution is -2.38. The molecule has 1 aromatic carbocycles. The quantitative estimate of drug-likeness (QED) is 0.900. The minimum absolute atomic E-state index is 0.0885. The van der Waals surface area contributed by atoms with Crippen molar-refractivity contribution in [2.75, 3.05) is 5.32 Å². The molecule has 112 valence electrons. The summed E-state index contributed by atoms with van der Waals surface area (Å²) in [7, 11) is 0. The molecule has 1 aromatic rings. The van der Waals surface area contributed by atoms with Gasteiger partial charge in [-0.1, -0.05) is 6.07 Å². The van der Waals surface area contributed by atoms with Gasteiger partial charge in [-0.15, -0.1) is 0 Å². The van der Waals surface area contributed by atoms with Gasteiger partial charge in [0.2, 0.25) is 5.91 Å². The Labute approximate surface area is 122 Å². The molecule has 3 rings (SSSR count). The normalized spacial score (nSPS) is 30.4. The molecule has 4 nitrogen and oxygen atoms in total. The van der Waals surface area contributed by atoms with Crippen molar-refractivity contribution in [3.8, 4) is 0 Å². The van der Waals surface area contributed by atoms with Crippen LogP contribution in [0.5, 0.6) is 0 Å². The predicted octanol–water partition coefficient (Wildman–Crippen LogP) is 2.82. The van der Waals surface area contributed by atoms with E-state index in [-0.39, 0.29) is 23.4 Å². The fourth-order valence-electron chi connectivity index (χ4n) is 3.97. The first-order valence-electron chi connectivity index (χ1n) is 7.27. The van der Waals surface area contributed by atoms with E-state index < -0.39 is 23.6 Å². The molecule has 5 heteroatoms. The number of fused-ring (bicyclic) bond motifs is 2. The molecule has 2 N–H and O–H groups in total. The Hall–Kier alpha value is -1.91. The molecule has 0 unspecified atom stereocenters. The third-order valence-corrected chi connectivity index (χ3v) is 4.88. The fraction of sp³-hybridized carbons (Fsp3) is 0.500. The van der Waals surface area contributed by atoms with Gasteiger partial charge >= 0.3 is 5.97 Å². The Bertz CT molecular complexity index is 601. The molecule has 0 radical (unpaired) electrons. The Balaban J connectivity index is 1.81. The number of benzene rings is 1.